The lowest BCUT2D eigenvalue weighted by atomic mass is 9.34. The van der Waals surface area contributed by atoms with E-state index in [1.165, 1.54) is 49.7 Å². The average Bonchev–Trinajstić information content (AvgIpc) is 2.75. The summed E-state index contributed by atoms with van der Waals surface area (Å²) in [6.07, 6.45) is 12.9. The molecule has 186 valence electrons. The summed E-state index contributed by atoms with van der Waals surface area (Å²) in [5.41, 5.74) is 12.8. The maximum atomic E-state index is 10.5. The van der Waals surface area contributed by atoms with Gasteiger partial charge in [0.2, 0.25) is 0 Å². The molecule has 1 aromatic carbocycles. The van der Waals surface area contributed by atoms with E-state index in [4.69, 9.17) is 5.73 Å². The Bertz CT molecular complexity index is 1100. The molecule has 0 heterocycles. The largest absolute Gasteiger partial charge is 0.504 e. The summed E-state index contributed by atoms with van der Waals surface area (Å²) in [5, 5.41) is 20.9. The molecule has 3 nitrogen and oxygen atoms in total. The zero-order chi connectivity index (χ0) is 24.9. The fourth-order valence-electron chi connectivity index (χ4n) is 9.48. The Labute approximate surface area is 206 Å². The van der Waals surface area contributed by atoms with Gasteiger partial charge < -0.3 is 15.9 Å². The lowest BCUT2D eigenvalue weighted by Crippen LogP contribution is -2.62. The molecule has 34 heavy (non-hydrogen) atoms. The van der Waals surface area contributed by atoms with Crippen molar-refractivity contribution >= 4 is 0 Å². The fourth-order valence-corrected chi connectivity index (χ4v) is 9.48. The molecule has 3 fully saturated rings. The molecule has 3 saturated carbocycles. The van der Waals surface area contributed by atoms with E-state index in [0.29, 0.717) is 11.3 Å². The van der Waals surface area contributed by atoms with Crippen LogP contribution in [0.4, 0.5) is 0 Å². The van der Waals surface area contributed by atoms with Crippen molar-refractivity contribution in [3.63, 3.8) is 0 Å². The van der Waals surface area contributed by atoms with E-state index in [1.54, 1.807) is 5.57 Å². The minimum absolute atomic E-state index is 0.0264. The zero-order valence-corrected chi connectivity index (χ0v) is 22.3. The highest BCUT2D eigenvalue weighted by atomic mass is 16.3. The molecule has 0 spiro atoms. The number of fused-ring (bicyclic) bond motifs is 7. The normalized spacial score (nSPS) is 43.1. The van der Waals surface area contributed by atoms with Gasteiger partial charge in [-0.25, -0.2) is 0 Å². The second-order valence-electron chi connectivity index (χ2n) is 13.9. The van der Waals surface area contributed by atoms with Gasteiger partial charge in [-0.2, -0.15) is 0 Å². The lowest BCUT2D eigenvalue weighted by Gasteiger charge is -2.70. The second-order valence-corrected chi connectivity index (χ2v) is 13.9. The number of nitrogens with two attached hydrogens (primary N) is 1. The quantitative estimate of drug-likeness (QED) is 0.316. The van der Waals surface area contributed by atoms with Crippen molar-refractivity contribution in [2.45, 2.75) is 105 Å². The molecule has 4 aliphatic carbocycles. The van der Waals surface area contributed by atoms with Crippen molar-refractivity contribution in [2.75, 3.05) is 0 Å². The monoisotopic (exact) mass is 463 g/mol. The van der Waals surface area contributed by atoms with Gasteiger partial charge in [0, 0.05) is 11.1 Å². The van der Waals surface area contributed by atoms with E-state index in [0.717, 1.165) is 30.5 Å². The van der Waals surface area contributed by atoms with Gasteiger partial charge in [0.15, 0.2) is 11.5 Å². The number of rotatable bonds is 2. The Morgan fingerprint density at radius 1 is 1.03 bits per heavy atom. The van der Waals surface area contributed by atoms with Crippen LogP contribution in [-0.4, -0.2) is 10.2 Å². The summed E-state index contributed by atoms with van der Waals surface area (Å²) >= 11 is 0. The van der Waals surface area contributed by atoms with Gasteiger partial charge in [-0.3, -0.25) is 0 Å². The summed E-state index contributed by atoms with van der Waals surface area (Å²) in [6.45, 7) is 18.6. The van der Waals surface area contributed by atoms with Gasteiger partial charge in [0.25, 0.3) is 0 Å². The molecule has 3 heteroatoms. The summed E-state index contributed by atoms with van der Waals surface area (Å²) in [7, 11) is 0. The van der Waals surface area contributed by atoms with E-state index in [1.807, 2.05) is 13.0 Å². The van der Waals surface area contributed by atoms with Crippen LogP contribution < -0.4 is 5.73 Å². The maximum Gasteiger partial charge on any atom is 0.160 e. The van der Waals surface area contributed by atoms with Crippen molar-refractivity contribution in [3.8, 4) is 11.5 Å². The summed E-state index contributed by atoms with van der Waals surface area (Å²) < 4.78 is 0. The van der Waals surface area contributed by atoms with Gasteiger partial charge in [-0.05, 0) is 115 Å². The SMILES string of the molecule is C=C(N)C[C@]1(C)CC[C@]2(C)CC[C@]3(C)C4=CCc5c(cc(O)c(O)c5C)[C@]4(C)CC[C@@]3(C)[C@@H]2C1. The Balaban J connectivity index is 1.60. The first-order valence-electron chi connectivity index (χ1n) is 13.4. The number of hydrogen-bond acceptors (Lipinski definition) is 3. The van der Waals surface area contributed by atoms with Crippen molar-refractivity contribution in [1.29, 1.82) is 0 Å². The molecular formula is C31H45NO2. The van der Waals surface area contributed by atoms with Crippen LogP contribution in [0.5, 0.6) is 11.5 Å². The molecule has 0 radical (unpaired) electrons. The Morgan fingerprint density at radius 3 is 2.38 bits per heavy atom. The van der Waals surface area contributed by atoms with Crippen LogP contribution >= 0.6 is 0 Å². The van der Waals surface area contributed by atoms with E-state index in [-0.39, 0.29) is 33.2 Å². The standard InChI is InChI=1S/C31H45NO2/c1-19(32)17-27(3)10-11-28(4)12-14-30(6)24-9-8-21-20(2)26(34)23(33)16-22(21)29(24,5)13-15-31(30,7)25(28)18-27/h9,16,25,33-34H,1,8,10-15,17-18,32H2,2-7H3/t25-,27+,28-,29+,30-,31+/m1/s1. The molecule has 4 aliphatic rings. The van der Waals surface area contributed by atoms with Gasteiger partial charge in [0.1, 0.15) is 0 Å². The van der Waals surface area contributed by atoms with E-state index in [2.05, 4.69) is 47.3 Å². The number of allylic oxidation sites excluding steroid dienone is 3. The van der Waals surface area contributed by atoms with E-state index in [9.17, 15) is 10.2 Å². The topological polar surface area (TPSA) is 66.5 Å². The summed E-state index contributed by atoms with van der Waals surface area (Å²) in [4.78, 5) is 0. The highest BCUT2D eigenvalue weighted by Gasteiger charge is 2.66. The minimum Gasteiger partial charge on any atom is -0.504 e. The Morgan fingerprint density at radius 2 is 1.71 bits per heavy atom. The van der Waals surface area contributed by atoms with Gasteiger partial charge in [-0.1, -0.05) is 52.8 Å². The van der Waals surface area contributed by atoms with Crippen molar-refractivity contribution in [1.82, 2.24) is 0 Å². The fraction of sp³-hybridized carbons (Fsp3) is 0.677. The third kappa shape index (κ3) is 2.94. The van der Waals surface area contributed by atoms with Crippen LogP contribution in [0.2, 0.25) is 0 Å². The van der Waals surface area contributed by atoms with Gasteiger partial charge >= 0.3 is 0 Å². The number of aromatic hydroxyl groups is 2. The maximum absolute atomic E-state index is 10.5. The first-order valence-corrected chi connectivity index (χ1v) is 13.4. The average molecular weight is 464 g/mol. The number of phenolic OH excluding ortho intramolecular Hbond substituents is 2. The number of hydrogen-bond donors (Lipinski definition) is 3. The zero-order valence-electron chi connectivity index (χ0n) is 22.3. The Kier molecular flexibility index (Phi) is 4.96. The van der Waals surface area contributed by atoms with Crippen LogP contribution in [0.1, 0.15) is 103 Å². The molecule has 0 amide bonds. The van der Waals surface area contributed by atoms with Crippen molar-refractivity contribution in [2.24, 2.45) is 33.3 Å². The predicted octanol–water partition coefficient (Wildman–Crippen LogP) is 7.42. The molecule has 0 aliphatic heterocycles. The van der Waals surface area contributed by atoms with Crippen LogP contribution in [-0.2, 0) is 11.8 Å². The Hall–Kier alpha value is -1.90. The first kappa shape index (κ1) is 23.8. The number of phenols is 2. The van der Waals surface area contributed by atoms with Gasteiger partial charge in [-0.15, -0.1) is 0 Å². The van der Waals surface area contributed by atoms with Crippen LogP contribution in [0.15, 0.2) is 30.0 Å². The highest BCUT2D eigenvalue weighted by molar-refractivity contribution is 5.60. The van der Waals surface area contributed by atoms with Crippen molar-refractivity contribution in [3.05, 3.63) is 46.7 Å². The third-order valence-electron chi connectivity index (χ3n) is 11.8. The van der Waals surface area contributed by atoms with Crippen LogP contribution in [0.25, 0.3) is 0 Å². The summed E-state index contributed by atoms with van der Waals surface area (Å²) in [6, 6.07) is 1.87. The van der Waals surface area contributed by atoms with E-state index >= 15 is 0 Å². The van der Waals surface area contributed by atoms with Gasteiger partial charge in [0.05, 0.1) is 0 Å². The lowest BCUT2D eigenvalue weighted by molar-refractivity contribution is -0.158. The molecule has 0 unspecified atom stereocenters. The molecule has 0 aromatic heterocycles. The molecule has 4 N–H and O–H groups in total. The smallest absolute Gasteiger partial charge is 0.160 e. The predicted molar refractivity (Wildman–Crippen MR) is 140 cm³/mol. The van der Waals surface area contributed by atoms with Crippen LogP contribution in [0, 0.1) is 34.5 Å². The van der Waals surface area contributed by atoms with E-state index < -0.39 is 0 Å². The molecule has 0 bridgehead atoms. The summed E-state index contributed by atoms with van der Waals surface area (Å²) in [5.74, 6) is 0.736. The number of benzene rings is 1. The first-order chi connectivity index (χ1) is 15.7. The second kappa shape index (κ2) is 7.08. The molecule has 0 saturated heterocycles. The molecule has 1 aromatic rings. The van der Waals surface area contributed by atoms with Crippen molar-refractivity contribution < 1.29 is 10.2 Å². The molecular weight excluding hydrogens is 418 g/mol. The molecule has 5 rings (SSSR count). The minimum atomic E-state index is -0.0883. The third-order valence-corrected chi connectivity index (χ3v) is 11.8. The molecule has 6 atom stereocenters. The van der Waals surface area contributed by atoms with Crippen LogP contribution in [0.3, 0.4) is 0 Å². The highest BCUT2D eigenvalue weighted by Crippen LogP contribution is 2.75.